The summed E-state index contributed by atoms with van der Waals surface area (Å²) in [5.74, 6) is -0.762. The number of piperazine rings is 1. The molecule has 3 rings (SSSR count). The lowest BCUT2D eigenvalue weighted by atomic mass is 9.97. The van der Waals surface area contributed by atoms with Crippen molar-refractivity contribution in [3.63, 3.8) is 0 Å². The highest BCUT2D eigenvalue weighted by atomic mass is 32.2. The Kier molecular flexibility index (Phi) is 7.15. The zero-order valence-electron chi connectivity index (χ0n) is 18.1. The van der Waals surface area contributed by atoms with Crippen molar-refractivity contribution in [1.82, 2.24) is 9.21 Å². The van der Waals surface area contributed by atoms with Gasteiger partial charge in [0.2, 0.25) is 15.9 Å². The predicted molar refractivity (Wildman–Crippen MR) is 122 cm³/mol. The molecule has 0 saturated carbocycles. The van der Waals surface area contributed by atoms with E-state index in [1.165, 1.54) is 29.0 Å². The molecule has 1 saturated heterocycles. The van der Waals surface area contributed by atoms with Gasteiger partial charge in [0.05, 0.1) is 19.9 Å². The third-order valence-corrected chi connectivity index (χ3v) is 7.48. The van der Waals surface area contributed by atoms with Crippen molar-refractivity contribution in [2.45, 2.75) is 13.8 Å². The molecule has 0 unspecified atom stereocenters. The molecule has 10 heteroatoms. The van der Waals surface area contributed by atoms with Gasteiger partial charge >= 0.3 is 5.97 Å². The molecule has 0 bridgehead atoms. The standard InChI is InChI=1S/C21H27N3O5S2/c1-14-5-6-15(2)16(11-14)17-13-30-20(19(17)21(26)29-3)22-18(25)12-23-7-9-24(10-8-23)31(4,27)28/h5-6,11,13H,7-10,12H2,1-4H3,(H,22,25). The maximum atomic E-state index is 12.7. The fourth-order valence-electron chi connectivity index (χ4n) is 3.57. The molecule has 1 N–H and O–H groups in total. The molecule has 0 atom stereocenters. The largest absolute Gasteiger partial charge is 0.465 e. The number of sulfonamides is 1. The zero-order valence-corrected chi connectivity index (χ0v) is 19.7. The molecular weight excluding hydrogens is 438 g/mol. The third-order valence-electron chi connectivity index (χ3n) is 5.28. The molecule has 8 nitrogen and oxygen atoms in total. The molecule has 1 fully saturated rings. The van der Waals surface area contributed by atoms with Crippen molar-refractivity contribution >= 4 is 38.2 Å². The number of nitrogens with zero attached hydrogens (tertiary/aromatic N) is 2. The summed E-state index contributed by atoms with van der Waals surface area (Å²) in [7, 11) is -1.90. The van der Waals surface area contributed by atoms with Gasteiger partial charge in [-0.1, -0.05) is 23.8 Å². The first-order chi connectivity index (χ1) is 14.6. The Morgan fingerprint density at radius 1 is 1.13 bits per heavy atom. The van der Waals surface area contributed by atoms with Gasteiger partial charge in [0.1, 0.15) is 10.6 Å². The van der Waals surface area contributed by atoms with Crippen molar-refractivity contribution in [2.24, 2.45) is 0 Å². The molecule has 168 valence electrons. The number of hydrogen-bond donors (Lipinski definition) is 1. The quantitative estimate of drug-likeness (QED) is 0.658. The van der Waals surface area contributed by atoms with E-state index in [1.807, 2.05) is 42.3 Å². The highest BCUT2D eigenvalue weighted by molar-refractivity contribution is 7.88. The number of carbonyl (C=O) groups is 2. The van der Waals surface area contributed by atoms with Crippen LogP contribution in [-0.4, -0.2) is 75.6 Å². The van der Waals surface area contributed by atoms with Crippen LogP contribution in [-0.2, 0) is 19.6 Å². The maximum absolute atomic E-state index is 12.7. The molecule has 31 heavy (non-hydrogen) atoms. The van der Waals surface area contributed by atoms with Gasteiger partial charge in [0.25, 0.3) is 0 Å². The van der Waals surface area contributed by atoms with E-state index in [-0.39, 0.29) is 12.5 Å². The predicted octanol–water partition coefficient (Wildman–Crippen LogP) is 2.33. The van der Waals surface area contributed by atoms with E-state index in [2.05, 4.69) is 5.32 Å². The fraction of sp³-hybridized carbons (Fsp3) is 0.429. The summed E-state index contributed by atoms with van der Waals surface area (Å²) in [5, 5.41) is 5.15. The number of thiophene rings is 1. The Morgan fingerprint density at radius 2 is 1.81 bits per heavy atom. The molecular formula is C21H27N3O5S2. The second-order valence-corrected chi connectivity index (χ2v) is 10.5. The van der Waals surface area contributed by atoms with E-state index in [4.69, 9.17) is 4.74 Å². The van der Waals surface area contributed by atoms with Gasteiger partial charge < -0.3 is 10.1 Å². The van der Waals surface area contributed by atoms with Crippen LogP contribution in [0, 0.1) is 13.8 Å². The highest BCUT2D eigenvalue weighted by Crippen LogP contribution is 2.38. The number of aryl methyl sites for hydroxylation is 2. The minimum absolute atomic E-state index is 0.120. The van der Waals surface area contributed by atoms with Gasteiger partial charge in [-0.05, 0) is 25.0 Å². The van der Waals surface area contributed by atoms with Crippen LogP contribution in [0.25, 0.3) is 11.1 Å². The number of carbonyl (C=O) groups excluding carboxylic acids is 2. The van der Waals surface area contributed by atoms with Crippen molar-refractivity contribution in [3.05, 3.63) is 40.3 Å². The van der Waals surface area contributed by atoms with Crippen LogP contribution in [0.2, 0.25) is 0 Å². The van der Waals surface area contributed by atoms with Crippen molar-refractivity contribution in [3.8, 4) is 11.1 Å². The molecule has 2 aromatic rings. The number of rotatable bonds is 6. The lowest BCUT2D eigenvalue weighted by molar-refractivity contribution is -0.117. The maximum Gasteiger partial charge on any atom is 0.341 e. The molecule has 1 aromatic carbocycles. The van der Waals surface area contributed by atoms with Gasteiger partial charge in [-0.25, -0.2) is 13.2 Å². The van der Waals surface area contributed by atoms with Crippen molar-refractivity contribution in [1.29, 1.82) is 0 Å². The van der Waals surface area contributed by atoms with E-state index in [0.29, 0.717) is 36.7 Å². The summed E-state index contributed by atoms with van der Waals surface area (Å²) < 4.78 is 29.7. The van der Waals surface area contributed by atoms with Gasteiger partial charge in [0, 0.05) is 37.1 Å². The van der Waals surface area contributed by atoms with Crippen LogP contribution in [0.1, 0.15) is 21.5 Å². The summed E-state index contributed by atoms with van der Waals surface area (Å²) in [6, 6.07) is 6.02. The van der Waals surface area contributed by atoms with E-state index < -0.39 is 16.0 Å². The molecule has 0 spiro atoms. The van der Waals surface area contributed by atoms with Crippen LogP contribution >= 0.6 is 11.3 Å². The van der Waals surface area contributed by atoms with E-state index >= 15 is 0 Å². The van der Waals surface area contributed by atoms with Crippen molar-refractivity contribution < 1.29 is 22.7 Å². The van der Waals surface area contributed by atoms with Crippen LogP contribution in [0.3, 0.4) is 0 Å². The van der Waals surface area contributed by atoms with E-state index in [0.717, 1.165) is 22.3 Å². The number of methoxy groups -OCH3 is 1. The number of ether oxygens (including phenoxy) is 1. The third kappa shape index (κ3) is 5.51. The first-order valence-corrected chi connectivity index (χ1v) is 12.6. The number of benzene rings is 1. The smallest absolute Gasteiger partial charge is 0.341 e. The first-order valence-electron chi connectivity index (χ1n) is 9.85. The second-order valence-electron chi connectivity index (χ2n) is 7.65. The summed E-state index contributed by atoms with van der Waals surface area (Å²) in [4.78, 5) is 27.1. The van der Waals surface area contributed by atoms with Gasteiger partial charge in [-0.3, -0.25) is 9.69 Å². The number of nitrogens with one attached hydrogen (secondary N) is 1. The summed E-state index contributed by atoms with van der Waals surface area (Å²) in [6.45, 7) is 5.74. The normalized spacial score (nSPS) is 15.6. The van der Waals surface area contributed by atoms with Gasteiger partial charge in [0.15, 0.2) is 0 Å². The van der Waals surface area contributed by atoms with Crippen LogP contribution in [0.5, 0.6) is 0 Å². The molecule has 0 aliphatic carbocycles. The Hall–Kier alpha value is -2.27. The molecule has 1 aromatic heterocycles. The lowest BCUT2D eigenvalue weighted by Crippen LogP contribution is -2.50. The number of amides is 1. The second kappa shape index (κ2) is 9.47. The van der Waals surface area contributed by atoms with Crippen LogP contribution < -0.4 is 5.32 Å². The van der Waals surface area contributed by atoms with Crippen molar-refractivity contribution in [2.75, 3.05) is 51.4 Å². The summed E-state index contributed by atoms with van der Waals surface area (Å²) in [5.41, 5.74) is 4.09. The fourth-order valence-corrected chi connectivity index (χ4v) is 5.36. The number of anilines is 1. The molecule has 1 amide bonds. The van der Waals surface area contributed by atoms with Crippen LogP contribution in [0.4, 0.5) is 5.00 Å². The zero-order chi connectivity index (χ0) is 22.8. The Labute approximate surface area is 186 Å². The van der Waals surface area contributed by atoms with E-state index in [9.17, 15) is 18.0 Å². The summed E-state index contributed by atoms with van der Waals surface area (Å²) >= 11 is 1.28. The Bertz CT molecular complexity index is 1090. The number of hydrogen-bond acceptors (Lipinski definition) is 7. The molecule has 1 aliphatic rings. The van der Waals surface area contributed by atoms with E-state index in [1.54, 1.807) is 0 Å². The first kappa shape index (κ1) is 23.4. The minimum atomic E-state index is -3.22. The Balaban J connectivity index is 1.76. The molecule has 1 aliphatic heterocycles. The lowest BCUT2D eigenvalue weighted by Gasteiger charge is -2.32. The number of esters is 1. The van der Waals surface area contributed by atoms with Gasteiger partial charge in [-0.15, -0.1) is 11.3 Å². The SMILES string of the molecule is COC(=O)c1c(-c2cc(C)ccc2C)csc1NC(=O)CN1CCN(S(C)(=O)=O)CC1. The molecule has 0 radical (unpaired) electrons. The van der Waals surface area contributed by atoms with Gasteiger partial charge in [-0.2, -0.15) is 4.31 Å². The Morgan fingerprint density at radius 3 is 2.42 bits per heavy atom. The topological polar surface area (TPSA) is 96.0 Å². The molecule has 2 heterocycles. The average molecular weight is 466 g/mol. The minimum Gasteiger partial charge on any atom is -0.465 e. The summed E-state index contributed by atoms with van der Waals surface area (Å²) in [6.07, 6.45) is 1.19. The van der Waals surface area contributed by atoms with Crippen LogP contribution in [0.15, 0.2) is 23.6 Å². The monoisotopic (exact) mass is 465 g/mol. The average Bonchev–Trinajstić information content (AvgIpc) is 3.12. The highest BCUT2D eigenvalue weighted by Gasteiger charge is 2.26.